The van der Waals surface area contributed by atoms with Gasteiger partial charge in [-0.05, 0) is 67.4 Å². The van der Waals surface area contributed by atoms with Crippen LogP contribution in [-0.4, -0.2) is 59.4 Å². The van der Waals surface area contributed by atoms with E-state index in [1.165, 1.54) is 16.7 Å². The lowest BCUT2D eigenvalue weighted by atomic mass is 9.92. The first kappa shape index (κ1) is 22.4. The van der Waals surface area contributed by atoms with Crippen molar-refractivity contribution in [3.8, 4) is 11.1 Å². The molecule has 1 aromatic heterocycles. The van der Waals surface area contributed by atoms with Crippen LogP contribution >= 0.6 is 0 Å². The Morgan fingerprint density at radius 3 is 2.26 bits per heavy atom. The fourth-order valence-electron chi connectivity index (χ4n) is 5.01. The summed E-state index contributed by atoms with van der Waals surface area (Å²) in [5.41, 5.74) is 14.6. The molecule has 0 aliphatic carbocycles. The SMILES string of the molecule is Cc1cccc(C)c1-c1cc(Nc2ccccc2)cc2c1c(N)nn2CCN1CCN(C)CC1. The maximum absolute atomic E-state index is 6.57. The number of fused-ring (bicyclic) bond motifs is 1. The summed E-state index contributed by atoms with van der Waals surface area (Å²) in [5, 5.41) is 9.44. The van der Waals surface area contributed by atoms with Crippen LogP contribution in [0, 0.1) is 13.8 Å². The number of hydrogen-bond acceptors (Lipinski definition) is 5. The van der Waals surface area contributed by atoms with Gasteiger partial charge in [-0.2, -0.15) is 5.10 Å². The lowest BCUT2D eigenvalue weighted by Crippen LogP contribution is -2.45. The second kappa shape index (κ2) is 9.49. The number of benzene rings is 3. The van der Waals surface area contributed by atoms with Gasteiger partial charge in [-0.3, -0.25) is 9.58 Å². The normalized spacial score (nSPS) is 15.1. The lowest BCUT2D eigenvalue weighted by molar-refractivity contribution is 0.149. The molecule has 176 valence electrons. The molecule has 1 saturated heterocycles. The van der Waals surface area contributed by atoms with E-state index >= 15 is 0 Å². The van der Waals surface area contributed by atoms with Gasteiger partial charge in [0.25, 0.3) is 0 Å². The first-order valence-electron chi connectivity index (χ1n) is 12.1. The van der Waals surface area contributed by atoms with Crippen LogP contribution in [0.15, 0.2) is 60.7 Å². The van der Waals surface area contributed by atoms with Crippen LogP contribution in [0.1, 0.15) is 11.1 Å². The average Bonchev–Trinajstić information content (AvgIpc) is 3.14. The number of hydrogen-bond donors (Lipinski definition) is 2. The molecule has 3 aromatic carbocycles. The van der Waals surface area contributed by atoms with Crippen molar-refractivity contribution in [2.24, 2.45) is 0 Å². The van der Waals surface area contributed by atoms with E-state index in [9.17, 15) is 0 Å². The molecule has 4 aromatic rings. The molecule has 6 heteroatoms. The van der Waals surface area contributed by atoms with Crippen LogP contribution in [0.5, 0.6) is 0 Å². The molecule has 2 heterocycles. The van der Waals surface area contributed by atoms with Crippen LogP contribution in [0.3, 0.4) is 0 Å². The van der Waals surface area contributed by atoms with Crippen molar-refractivity contribution in [3.05, 3.63) is 71.8 Å². The van der Waals surface area contributed by atoms with E-state index in [0.717, 1.165) is 67.1 Å². The number of aryl methyl sites for hydroxylation is 2. The van der Waals surface area contributed by atoms with Gasteiger partial charge >= 0.3 is 0 Å². The van der Waals surface area contributed by atoms with Crippen molar-refractivity contribution in [3.63, 3.8) is 0 Å². The minimum Gasteiger partial charge on any atom is -0.382 e. The lowest BCUT2D eigenvalue weighted by Gasteiger charge is -2.32. The zero-order valence-electron chi connectivity index (χ0n) is 20.4. The van der Waals surface area contributed by atoms with Gasteiger partial charge in [0.15, 0.2) is 5.82 Å². The number of rotatable bonds is 6. The number of anilines is 3. The number of nitrogen functional groups attached to an aromatic ring is 1. The van der Waals surface area contributed by atoms with Crippen LogP contribution in [-0.2, 0) is 6.54 Å². The van der Waals surface area contributed by atoms with Crippen molar-refractivity contribution in [1.29, 1.82) is 0 Å². The number of nitrogens with zero attached hydrogens (tertiary/aromatic N) is 4. The first-order chi connectivity index (χ1) is 16.5. The van der Waals surface area contributed by atoms with E-state index in [1.807, 2.05) is 18.2 Å². The molecule has 0 amide bonds. The summed E-state index contributed by atoms with van der Waals surface area (Å²) in [6, 6.07) is 21.1. The Morgan fingerprint density at radius 2 is 1.56 bits per heavy atom. The third-order valence-corrected chi connectivity index (χ3v) is 6.92. The molecule has 0 saturated carbocycles. The zero-order valence-corrected chi connectivity index (χ0v) is 20.4. The fraction of sp³-hybridized carbons (Fsp3) is 0.321. The quantitative estimate of drug-likeness (QED) is 0.434. The monoisotopic (exact) mass is 454 g/mol. The minimum atomic E-state index is 0.595. The van der Waals surface area contributed by atoms with Gasteiger partial charge < -0.3 is 16.0 Å². The Kier molecular flexibility index (Phi) is 6.26. The molecule has 0 radical (unpaired) electrons. The summed E-state index contributed by atoms with van der Waals surface area (Å²) >= 11 is 0. The third-order valence-electron chi connectivity index (χ3n) is 6.92. The Labute approximate surface area is 202 Å². The summed E-state index contributed by atoms with van der Waals surface area (Å²) < 4.78 is 2.09. The summed E-state index contributed by atoms with van der Waals surface area (Å²) in [5.74, 6) is 0.595. The molecule has 0 spiro atoms. The van der Waals surface area contributed by atoms with E-state index in [1.54, 1.807) is 0 Å². The minimum absolute atomic E-state index is 0.595. The molecule has 1 aliphatic heterocycles. The van der Waals surface area contributed by atoms with E-state index in [2.05, 4.69) is 83.2 Å². The Morgan fingerprint density at radius 1 is 0.853 bits per heavy atom. The average molecular weight is 455 g/mol. The zero-order chi connectivity index (χ0) is 23.7. The highest BCUT2D eigenvalue weighted by atomic mass is 15.3. The number of nitrogens with one attached hydrogen (secondary N) is 1. The topological polar surface area (TPSA) is 62.4 Å². The summed E-state index contributed by atoms with van der Waals surface area (Å²) in [7, 11) is 2.19. The van der Waals surface area contributed by atoms with Gasteiger partial charge in [0, 0.05) is 44.1 Å². The van der Waals surface area contributed by atoms with E-state index in [0.29, 0.717) is 5.82 Å². The molecular weight excluding hydrogens is 420 g/mol. The molecular formula is C28H34N6. The number of para-hydroxylation sites is 1. The van der Waals surface area contributed by atoms with E-state index in [4.69, 9.17) is 10.8 Å². The van der Waals surface area contributed by atoms with Crippen molar-refractivity contribution >= 4 is 28.1 Å². The molecule has 34 heavy (non-hydrogen) atoms. The third kappa shape index (κ3) is 4.52. The number of likely N-dealkylation sites (N-methyl/N-ethyl adjacent to an activating group) is 1. The maximum atomic E-state index is 6.57. The highest BCUT2D eigenvalue weighted by molar-refractivity contribution is 6.05. The number of aromatic nitrogens is 2. The first-order valence-corrected chi connectivity index (χ1v) is 12.1. The molecule has 1 aliphatic rings. The van der Waals surface area contributed by atoms with Gasteiger partial charge in [0.2, 0.25) is 0 Å². The summed E-state index contributed by atoms with van der Waals surface area (Å²) in [4.78, 5) is 4.90. The highest BCUT2D eigenvalue weighted by Gasteiger charge is 2.19. The maximum Gasteiger partial charge on any atom is 0.154 e. The summed E-state index contributed by atoms with van der Waals surface area (Å²) in [6.45, 7) is 10.5. The van der Waals surface area contributed by atoms with Gasteiger partial charge in [-0.15, -0.1) is 0 Å². The molecule has 0 bridgehead atoms. The molecule has 1 fully saturated rings. The Hall–Kier alpha value is -3.35. The number of nitrogens with two attached hydrogens (primary N) is 1. The molecule has 0 atom stereocenters. The van der Waals surface area contributed by atoms with Gasteiger partial charge in [-0.1, -0.05) is 36.4 Å². The van der Waals surface area contributed by atoms with Gasteiger partial charge in [0.1, 0.15) is 0 Å². The van der Waals surface area contributed by atoms with Crippen LogP contribution in [0.2, 0.25) is 0 Å². The van der Waals surface area contributed by atoms with Crippen molar-refractivity contribution in [2.75, 3.05) is 50.8 Å². The number of piperazine rings is 1. The van der Waals surface area contributed by atoms with Gasteiger partial charge in [-0.25, -0.2) is 0 Å². The van der Waals surface area contributed by atoms with Crippen LogP contribution in [0.25, 0.3) is 22.0 Å². The Bertz CT molecular complexity index is 1270. The fourth-order valence-corrected chi connectivity index (χ4v) is 5.01. The van der Waals surface area contributed by atoms with E-state index in [-0.39, 0.29) is 0 Å². The predicted molar refractivity (Wildman–Crippen MR) is 143 cm³/mol. The Balaban J connectivity index is 1.58. The van der Waals surface area contributed by atoms with Crippen LogP contribution < -0.4 is 11.1 Å². The molecule has 5 rings (SSSR count). The smallest absolute Gasteiger partial charge is 0.154 e. The standard InChI is InChI=1S/C28H34N6/c1-20-8-7-9-21(2)26(20)24-18-23(30-22-10-5-4-6-11-22)19-25-27(24)28(29)31-34(25)17-16-33-14-12-32(3)13-15-33/h4-11,18-19,30H,12-17H2,1-3H3,(H2,29,31). The van der Waals surface area contributed by atoms with Crippen molar-refractivity contribution in [1.82, 2.24) is 19.6 Å². The summed E-state index contributed by atoms with van der Waals surface area (Å²) in [6.07, 6.45) is 0. The molecule has 0 unspecified atom stereocenters. The second-order valence-corrected chi connectivity index (χ2v) is 9.43. The largest absolute Gasteiger partial charge is 0.382 e. The molecule has 6 nitrogen and oxygen atoms in total. The van der Waals surface area contributed by atoms with Crippen molar-refractivity contribution in [2.45, 2.75) is 20.4 Å². The predicted octanol–water partition coefficient (Wildman–Crippen LogP) is 4.89. The van der Waals surface area contributed by atoms with Crippen LogP contribution in [0.4, 0.5) is 17.2 Å². The van der Waals surface area contributed by atoms with E-state index < -0.39 is 0 Å². The van der Waals surface area contributed by atoms with Crippen molar-refractivity contribution < 1.29 is 0 Å². The van der Waals surface area contributed by atoms with Gasteiger partial charge in [0.05, 0.1) is 17.4 Å². The second-order valence-electron chi connectivity index (χ2n) is 9.43. The molecule has 3 N–H and O–H groups in total. The highest BCUT2D eigenvalue weighted by Crippen LogP contribution is 2.39.